The third kappa shape index (κ3) is 5.46. The largest absolute Gasteiger partial charge is 0.481 e. The molecular weight excluding hydrogens is 248 g/mol. The number of piperazine rings is 1. The summed E-state index contributed by atoms with van der Waals surface area (Å²) in [5.41, 5.74) is -0.485. The van der Waals surface area contributed by atoms with Gasteiger partial charge in [-0.3, -0.25) is 9.69 Å². The normalized spacial score (nSPS) is 21.3. The number of carboxylic acids is 1. The standard InChI is InChI=1S/C13H24N2O4/c1-10-9-15(12(18)19-13(2,3)4)8-7-14(10)6-5-11(16)17/h10H,5-9H2,1-4H3,(H,16,17). The van der Waals surface area contributed by atoms with Gasteiger partial charge in [0, 0.05) is 32.2 Å². The van der Waals surface area contributed by atoms with Gasteiger partial charge in [-0.1, -0.05) is 0 Å². The zero-order valence-corrected chi connectivity index (χ0v) is 12.2. The first-order valence-corrected chi connectivity index (χ1v) is 6.63. The van der Waals surface area contributed by atoms with Gasteiger partial charge in [0.25, 0.3) is 0 Å². The lowest BCUT2D eigenvalue weighted by Crippen LogP contribution is -2.54. The van der Waals surface area contributed by atoms with Crippen molar-refractivity contribution < 1.29 is 19.4 Å². The van der Waals surface area contributed by atoms with E-state index in [0.29, 0.717) is 26.2 Å². The molecule has 1 heterocycles. The SMILES string of the molecule is CC1CN(C(=O)OC(C)(C)C)CCN1CCC(=O)O. The molecule has 6 heteroatoms. The molecular formula is C13H24N2O4. The molecule has 0 bridgehead atoms. The predicted molar refractivity (Wildman–Crippen MR) is 71.1 cm³/mol. The number of carboxylic acid groups (broad SMARTS) is 1. The Balaban J connectivity index is 2.44. The van der Waals surface area contributed by atoms with E-state index in [1.807, 2.05) is 27.7 Å². The highest BCUT2D eigenvalue weighted by atomic mass is 16.6. The number of rotatable bonds is 3. The zero-order valence-electron chi connectivity index (χ0n) is 12.2. The van der Waals surface area contributed by atoms with Crippen LogP contribution in [0.3, 0.4) is 0 Å². The van der Waals surface area contributed by atoms with E-state index in [1.165, 1.54) is 0 Å². The van der Waals surface area contributed by atoms with E-state index < -0.39 is 11.6 Å². The van der Waals surface area contributed by atoms with Crippen LogP contribution in [-0.2, 0) is 9.53 Å². The number of nitrogens with zero attached hydrogens (tertiary/aromatic N) is 2. The van der Waals surface area contributed by atoms with Crippen LogP contribution in [0.1, 0.15) is 34.1 Å². The van der Waals surface area contributed by atoms with Crippen molar-refractivity contribution in [1.29, 1.82) is 0 Å². The molecule has 1 N–H and O–H groups in total. The van der Waals surface area contributed by atoms with Gasteiger partial charge in [-0.15, -0.1) is 0 Å². The minimum Gasteiger partial charge on any atom is -0.481 e. The molecule has 1 unspecified atom stereocenters. The summed E-state index contributed by atoms with van der Waals surface area (Å²) in [6.45, 7) is 9.91. The van der Waals surface area contributed by atoms with Gasteiger partial charge in [-0.2, -0.15) is 0 Å². The Morgan fingerprint density at radius 1 is 1.32 bits per heavy atom. The second-order valence-electron chi connectivity index (χ2n) is 5.96. The Labute approximate surface area is 114 Å². The molecule has 110 valence electrons. The van der Waals surface area contributed by atoms with Crippen molar-refractivity contribution in [2.24, 2.45) is 0 Å². The van der Waals surface area contributed by atoms with Crippen LogP contribution in [0.5, 0.6) is 0 Å². The maximum atomic E-state index is 11.9. The molecule has 0 aliphatic carbocycles. The van der Waals surface area contributed by atoms with E-state index >= 15 is 0 Å². The lowest BCUT2D eigenvalue weighted by atomic mass is 10.2. The number of carbonyl (C=O) groups excluding carboxylic acids is 1. The minimum atomic E-state index is -0.790. The Morgan fingerprint density at radius 3 is 2.42 bits per heavy atom. The smallest absolute Gasteiger partial charge is 0.410 e. The third-order valence-corrected chi connectivity index (χ3v) is 3.03. The number of amides is 1. The molecule has 1 aliphatic heterocycles. The van der Waals surface area contributed by atoms with Crippen LogP contribution in [-0.4, -0.2) is 64.8 Å². The highest BCUT2D eigenvalue weighted by molar-refractivity contribution is 5.68. The van der Waals surface area contributed by atoms with Crippen LogP contribution in [0.2, 0.25) is 0 Å². The summed E-state index contributed by atoms with van der Waals surface area (Å²) in [6.07, 6.45) is -0.159. The molecule has 0 aromatic carbocycles. The Bertz CT molecular complexity index is 338. The van der Waals surface area contributed by atoms with Crippen molar-refractivity contribution in [3.8, 4) is 0 Å². The number of hydrogen-bond donors (Lipinski definition) is 1. The summed E-state index contributed by atoms with van der Waals surface area (Å²) >= 11 is 0. The zero-order chi connectivity index (χ0) is 14.6. The molecule has 0 aromatic rings. The van der Waals surface area contributed by atoms with Gasteiger partial charge >= 0.3 is 12.1 Å². The first-order chi connectivity index (χ1) is 8.69. The fraction of sp³-hybridized carbons (Fsp3) is 0.846. The lowest BCUT2D eigenvalue weighted by Gasteiger charge is -2.39. The van der Waals surface area contributed by atoms with Crippen molar-refractivity contribution in [2.75, 3.05) is 26.2 Å². The van der Waals surface area contributed by atoms with Crippen LogP contribution in [0, 0.1) is 0 Å². The predicted octanol–water partition coefficient (Wildman–Crippen LogP) is 1.40. The number of carbonyl (C=O) groups is 2. The van der Waals surface area contributed by atoms with Gasteiger partial charge < -0.3 is 14.7 Å². The number of ether oxygens (including phenoxy) is 1. The van der Waals surface area contributed by atoms with E-state index in [0.717, 1.165) is 0 Å². The summed E-state index contributed by atoms with van der Waals surface area (Å²) in [4.78, 5) is 26.3. The molecule has 19 heavy (non-hydrogen) atoms. The topological polar surface area (TPSA) is 70.1 Å². The lowest BCUT2D eigenvalue weighted by molar-refractivity contribution is -0.137. The van der Waals surface area contributed by atoms with Crippen molar-refractivity contribution in [3.05, 3.63) is 0 Å². The fourth-order valence-corrected chi connectivity index (χ4v) is 2.06. The average Bonchev–Trinajstić information content (AvgIpc) is 2.24. The fourth-order valence-electron chi connectivity index (χ4n) is 2.06. The van der Waals surface area contributed by atoms with Crippen molar-refractivity contribution in [3.63, 3.8) is 0 Å². The Hall–Kier alpha value is -1.30. The van der Waals surface area contributed by atoms with Crippen LogP contribution in [0.15, 0.2) is 0 Å². The highest BCUT2D eigenvalue weighted by Crippen LogP contribution is 2.14. The van der Waals surface area contributed by atoms with Crippen LogP contribution in [0.25, 0.3) is 0 Å². The molecule has 1 atom stereocenters. The second kappa shape index (κ2) is 6.23. The van der Waals surface area contributed by atoms with Crippen LogP contribution in [0.4, 0.5) is 4.79 Å². The van der Waals surface area contributed by atoms with Crippen molar-refractivity contribution in [1.82, 2.24) is 9.80 Å². The molecule has 1 fully saturated rings. The first-order valence-electron chi connectivity index (χ1n) is 6.63. The second-order valence-corrected chi connectivity index (χ2v) is 5.96. The molecule has 6 nitrogen and oxygen atoms in total. The van der Waals surface area contributed by atoms with E-state index in [2.05, 4.69) is 4.90 Å². The first kappa shape index (κ1) is 15.8. The van der Waals surface area contributed by atoms with Crippen molar-refractivity contribution in [2.45, 2.75) is 45.8 Å². The quantitative estimate of drug-likeness (QED) is 0.841. The third-order valence-electron chi connectivity index (χ3n) is 3.03. The molecule has 0 spiro atoms. The summed E-state index contributed by atoms with van der Waals surface area (Å²) in [5, 5.41) is 8.69. The van der Waals surface area contributed by atoms with Crippen LogP contribution < -0.4 is 0 Å². The minimum absolute atomic E-state index is 0.136. The molecule has 1 rings (SSSR count). The maximum absolute atomic E-state index is 11.9. The molecule has 0 aromatic heterocycles. The molecule has 1 saturated heterocycles. The summed E-state index contributed by atoms with van der Waals surface area (Å²) in [5.74, 6) is -0.790. The van der Waals surface area contributed by atoms with Crippen LogP contribution >= 0.6 is 0 Å². The molecule has 1 amide bonds. The van der Waals surface area contributed by atoms with Gasteiger partial charge in [-0.05, 0) is 27.7 Å². The highest BCUT2D eigenvalue weighted by Gasteiger charge is 2.29. The van der Waals surface area contributed by atoms with Gasteiger partial charge in [0.05, 0.1) is 6.42 Å². The number of aliphatic carboxylic acids is 1. The summed E-state index contributed by atoms with van der Waals surface area (Å²) in [7, 11) is 0. The van der Waals surface area contributed by atoms with Gasteiger partial charge in [-0.25, -0.2) is 4.79 Å². The van der Waals surface area contributed by atoms with Gasteiger partial charge in [0.1, 0.15) is 5.60 Å². The van der Waals surface area contributed by atoms with Gasteiger partial charge in [0.2, 0.25) is 0 Å². The van der Waals surface area contributed by atoms with Gasteiger partial charge in [0.15, 0.2) is 0 Å². The molecule has 0 radical (unpaired) electrons. The van der Waals surface area contributed by atoms with E-state index in [4.69, 9.17) is 9.84 Å². The summed E-state index contributed by atoms with van der Waals surface area (Å²) < 4.78 is 5.33. The summed E-state index contributed by atoms with van der Waals surface area (Å²) in [6, 6.07) is 0.153. The number of hydrogen-bond acceptors (Lipinski definition) is 4. The molecule has 1 aliphatic rings. The van der Waals surface area contributed by atoms with E-state index in [9.17, 15) is 9.59 Å². The average molecular weight is 272 g/mol. The van der Waals surface area contributed by atoms with E-state index in [1.54, 1.807) is 4.90 Å². The van der Waals surface area contributed by atoms with Crippen molar-refractivity contribution >= 4 is 12.1 Å². The Morgan fingerprint density at radius 2 is 1.95 bits per heavy atom. The molecule has 0 saturated carbocycles. The monoisotopic (exact) mass is 272 g/mol. The Kier molecular flexibility index (Phi) is 5.17. The van der Waals surface area contributed by atoms with E-state index in [-0.39, 0.29) is 18.6 Å². The maximum Gasteiger partial charge on any atom is 0.410 e.